The lowest BCUT2D eigenvalue weighted by molar-refractivity contribution is -0.159. The van der Waals surface area contributed by atoms with Crippen LogP contribution in [0.15, 0.2) is 54.6 Å². The van der Waals surface area contributed by atoms with E-state index in [9.17, 15) is 0 Å². The van der Waals surface area contributed by atoms with Crippen molar-refractivity contribution < 1.29 is 24.5 Å². The van der Waals surface area contributed by atoms with Gasteiger partial charge in [0, 0.05) is 25.2 Å². The highest BCUT2D eigenvalue weighted by Gasteiger charge is 2.21. The minimum Gasteiger partial charge on any atom is -0.492 e. The number of rotatable bonds is 5. The number of piperidine rings is 1. The second kappa shape index (κ2) is 11.2. The molecule has 0 saturated carbocycles. The molecule has 2 atom stereocenters. The third-order valence-corrected chi connectivity index (χ3v) is 4.76. The van der Waals surface area contributed by atoms with E-state index < -0.39 is 11.9 Å². The molecule has 2 N–H and O–H groups in total. The van der Waals surface area contributed by atoms with Gasteiger partial charge in [0.25, 0.3) is 0 Å². The van der Waals surface area contributed by atoms with Gasteiger partial charge in [-0.1, -0.05) is 62.4 Å². The predicted octanol–water partition coefficient (Wildman–Crippen LogP) is 3.87. The first-order valence-electron chi connectivity index (χ1n) is 9.82. The molecule has 2 aromatic carbocycles. The summed E-state index contributed by atoms with van der Waals surface area (Å²) in [6.45, 7) is 8.88. The van der Waals surface area contributed by atoms with Gasteiger partial charge in [0.05, 0.1) is 0 Å². The Labute approximate surface area is 171 Å². The van der Waals surface area contributed by atoms with Crippen LogP contribution in [0.25, 0.3) is 11.1 Å². The summed E-state index contributed by atoms with van der Waals surface area (Å²) in [7, 11) is 0. The van der Waals surface area contributed by atoms with Gasteiger partial charge in [-0.15, -0.1) is 0 Å². The standard InChI is InChI=1S/C21H27NO.C2H2O4/c1-17-14-18(2)16-22(15-17)12-13-23-21-11-7-6-10-20(21)19-8-4-3-5-9-19;3-1(4)2(5)6/h3-11,17-18H,12-16H2,1-2H3;(H,3,4)(H,5,6). The van der Waals surface area contributed by atoms with Crippen molar-refractivity contribution in [3.8, 4) is 16.9 Å². The first kappa shape index (κ1) is 22.4. The number of carboxylic acids is 2. The number of para-hydroxylation sites is 1. The van der Waals surface area contributed by atoms with Crippen LogP contribution in [0.3, 0.4) is 0 Å². The molecule has 0 aliphatic carbocycles. The van der Waals surface area contributed by atoms with E-state index in [1.165, 1.54) is 30.6 Å². The molecule has 1 heterocycles. The zero-order chi connectivity index (χ0) is 21.2. The predicted molar refractivity (Wildman–Crippen MR) is 112 cm³/mol. The number of aliphatic carboxylic acids is 2. The summed E-state index contributed by atoms with van der Waals surface area (Å²) in [6, 6.07) is 18.8. The van der Waals surface area contributed by atoms with Gasteiger partial charge in [-0.05, 0) is 29.9 Å². The summed E-state index contributed by atoms with van der Waals surface area (Å²) in [4.78, 5) is 20.7. The number of nitrogens with zero attached hydrogens (tertiary/aromatic N) is 1. The fourth-order valence-corrected chi connectivity index (χ4v) is 3.71. The molecule has 0 aromatic heterocycles. The molecule has 1 aliphatic rings. The zero-order valence-corrected chi connectivity index (χ0v) is 17.0. The topological polar surface area (TPSA) is 87.1 Å². The molecule has 2 aromatic rings. The number of hydrogen-bond donors (Lipinski definition) is 2. The fourth-order valence-electron chi connectivity index (χ4n) is 3.71. The maximum absolute atomic E-state index is 9.10. The summed E-state index contributed by atoms with van der Waals surface area (Å²) in [6.07, 6.45) is 1.36. The molecular weight excluding hydrogens is 370 g/mol. The lowest BCUT2D eigenvalue weighted by Gasteiger charge is -2.34. The molecule has 156 valence electrons. The lowest BCUT2D eigenvalue weighted by Crippen LogP contribution is -2.40. The third kappa shape index (κ3) is 7.58. The van der Waals surface area contributed by atoms with Crippen molar-refractivity contribution in [3.05, 3.63) is 54.6 Å². The van der Waals surface area contributed by atoms with Gasteiger partial charge in [-0.2, -0.15) is 0 Å². The van der Waals surface area contributed by atoms with E-state index >= 15 is 0 Å². The molecule has 1 aliphatic heterocycles. The normalized spacial score (nSPS) is 19.0. The number of benzene rings is 2. The average molecular weight is 399 g/mol. The molecule has 0 amide bonds. The molecule has 0 radical (unpaired) electrons. The van der Waals surface area contributed by atoms with Crippen molar-refractivity contribution in [3.63, 3.8) is 0 Å². The quantitative estimate of drug-likeness (QED) is 0.743. The summed E-state index contributed by atoms with van der Waals surface area (Å²) in [5, 5.41) is 14.8. The number of ether oxygens (including phenoxy) is 1. The van der Waals surface area contributed by atoms with E-state index in [1.807, 2.05) is 12.1 Å². The first-order valence-corrected chi connectivity index (χ1v) is 9.82. The van der Waals surface area contributed by atoms with Crippen LogP contribution in [-0.2, 0) is 9.59 Å². The maximum Gasteiger partial charge on any atom is 0.414 e. The summed E-state index contributed by atoms with van der Waals surface area (Å²) >= 11 is 0. The fraction of sp³-hybridized carbons (Fsp3) is 0.391. The number of carbonyl (C=O) groups is 2. The van der Waals surface area contributed by atoms with Crippen LogP contribution in [-0.4, -0.2) is 53.3 Å². The van der Waals surface area contributed by atoms with Crippen LogP contribution in [0, 0.1) is 11.8 Å². The van der Waals surface area contributed by atoms with Crippen LogP contribution in [0.2, 0.25) is 0 Å². The summed E-state index contributed by atoms with van der Waals surface area (Å²) < 4.78 is 6.12. The van der Waals surface area contributed by atoms with Gasteiger partial charge >= 0.3 is 11.9 Å². The van der Waals surface area contributed by atoms with Gasteiger partial charge < -0.3 is 14.9 Å². The van der Waals surface area contributed by atoms with Crippen molar-refractivity contribution in [1.29, 1.82) is 0 Å². The second-order valence-corrected chi connectivity index (χ2v) is 7.53. The van der Waals surface area contributed by atoms with E-state index in [1.54, 1.807) is 0 Å². The van der Waals surface area contributed by atoms with Gasteiger partial charge in [-0.3, -0.25) is 4.90 Å². The zero-order valence-electron chi connectivity index (χ0n) is 17.0. The van der Waals surface area contributed by atoms with Gasteiger partial charge in [0.1, 0.15) is 12.4 Å². The molecule has 29 heavy (non-hydrogen) atoms. The van der Waals surface area contributed by atoms with Gasteiger partial charge in [-0.25, -0.2) is 9.59 Å². The minimum absolute atomic E-state index is 0.753. The van der Waals surface area contributed by atoms with E-state index in [4.69, 9.17) is 24.5 Å². The van der Waals surface area contributed by atoms with Crippen LogP contribution in [0.1, 0.15) is 20.3 Å². The summed E-state index contributed by atoms with van der Waals surface area (Å²) in [5.74, 6) is -1.06. The highest BCUT2D eigenvalue weighted by atomic mass is 16.5. The van der Waals surface area contributed by atoms with E-state index in [0.717, 1.165) is 30.7 Å². The Morgan fingerprint density at radius 2 is 1.48 bits per heavy atom. The van der Waals surface area contributed by atoms with Crippen LogP contribution >= 0.6 is 0 Å². The largest absolute Gasteiger partial charge is 0.492 e. The molecule has 1 fully saturated rings. The highest BCUT2D eigenvalue weighted by Crippen LogP contribution is 2.29. The Balaban J connectivity index is 0.000000438. The molecule has 2 unspecified atom stereocenters. The minimum atomic E-state index is -1.82. The summed E-state index contributed by atoms with van der Waals surface area (Å²) in [5.41, 5.74) is 2.39. The average Bonchev–Trinajstić information content (AvgIpc) is 2.69. The Morgan fingerprint density at radius 1 is 0.931 bits per heavy atom. The Morgan fingerprint density at radius 3 is 2.07 bits per heavy atom. The highest BCUT2D eigenvalue weighted by molar-refractivity contribution is 6.27. The van der Waals surface area contributed by atoms with Crippen LogP contribution < -0.4 is 4.74 Å². The Hall–Kier alpha value is -2.86. The van der Waals surface area contributed by atoms with Crippen molar-refractivity contribution in [2.75, 3.05) is 26.2 Å². The molecule has 1 saturated heterocycles. The SMILES string of the molecule is CC1CC(C)CN(CCOc2ccccc2-c2ccccc2)C1.O=C(O)C(=O)O. The van der Waals surface area contributed by atoms with Crippen LogP contribution in [0.5, 0.6) is 5.75 Å². The smallest absolute Gasteiger partial charge is 0.414 e. The van der Waals surface area contributed by atoms with Crippen molar-refractivity contribution >= 4 is 11.9 Å². The molecule has 6 heteroatoms. The van der Waals surface area contributed by atoms with Crippen LogP contribution in [0.4, 0.5) is 0 Å². The van der Waals surface area contributed by atoms with E-state index in [0.29, 0.717) is 0 Å². The Bertz CT molecular complexity index is 771. The van der Waals surface area contributed by atoms with E-state index in [-0.39, 0.29) is 0 Å². The first-order chi connectivity index (χ1) is 13.9. The van der Waals surface area contributed by atoms with Crippen molar-refractivity contribution in [2.45, 2.75) is 20.3 Å². The van der Waals surface area contributed by atoms with Crippen molar-refractivity contribution in [1.82, 2.24) is 4.90 Å². The monoisotopic (exact) mass is 399 g/mol. The Kier molecular flexibility index (Phi) is 8.68. The van der Waals surface area contributed by atoms with Gasteiger partial charge in [0.2, 0.25) is 0 Å². The maximum atomic E-state index is 9.10. The van der Waals surface area contributed by atoms with E-state index in [2.05, 4.69) is 61.2 Å². The second-order valence-electron chi connectivity index (χ2n) is 7.53. The molecule has 0 spiro atoms. The molecule has 0 bridgehead atoms. The third-order valence-electron chi connectivity index (χ3n) is 4.76. The molecular formula is C23H29NO5. The van der Waals surface area contributed by atoms with Gasteiger partial charge in [0.15, 0.2) is 0 Å². The van der Waals surface area contributed by atoms with Crippen molar-refractivity contribution in [2.24, 2.45) is 11.8 Å². The molecule has 6 nitrogen and oxygen atoms in total. The number of hydrogen-bond acceptors (Lipinski definition) is 4. The number of likely N-dealkylation sites (tertiary alicyclic amines) is 1. The lowest BCUT2D eigenvalue weighted by atomic mass is 9.92. The number of carboxylic acid groups (broad SMARTS) is 2. The molecule has 3 rings (SSSR count).